The zero-order chi connectivity index (χ0) is 22.2. The third-order valence-corrected chi connectivity index (χ3v) is 6.13. The quantitative estimate of drug-likeness (QED) is 0.627. The van der Waals surface area contributed by atoms with Crippen LogP contribution in [0, 0.1) is 11.8 Å². The first-order chi connectivity index (χ1) is 14.7. The van der Waals surface area contributed by atoms with Crippen molar-refractivity contribution in [1.82, 2.24) is 15.3 Å². The molecule has 0 spiro atoms. The van der Waals surface area contributed by atoms with Crippen molar-refractivity contribution in [1.29, 1.82) is 0 Å². The third-order valence-electron chi connectivity index (χ3n) is 5.90. The van der Waals surface area contributed by atoms with Crippen LogP contribution in [0.5, 0.6) is 0 Å². The Kier molecular flexibility index (Phi) is 6.11. The van der Waals surface area contributed by atoms with Crippen LogP contribution in [-0.4, -0.2) is 40.3 Å². The fraction of sp³-hybridized carbons (Fsp3) is 0.550. The predicted molar refractivity (Wildman–Crippen MR) is 107 cm³/mol. The Morgan fingerprint density at radius 3 is 2.39 bits per heavy atom. The summed E-state index contributed by atoms with van der Waals surface area (Å²) in [6, 6.07) is 4.91. The van der Waals surface area contributed by atoms with E-state index >= 15 is 0 Å². The maximum Gasteiger partial charge on any atom is 0.522 e. The SMILES string of the molecule is O=C(Nc1nc2ccc(Cl)cc2[nH]1)C1CCC(C(=O)NC2CC(OC(F)(F)F)C2)CC1. The van der Waals surface area contributed by atoms with Crippen LogP contribution in [0.15, 0.2) is 18.2 Å². The first kappa shape index (κ1) is 21.9. The van der Waals surface area contributed by atoms with Gasteiger partial charge in [-0.05, 0) is 56.7 Å². The molecule has 0 radical (unpaired) electrons. The monoisotopic (exact) mass is 458 g/mol. The van der Waals surface area contributed by atoms with Gasteiger partial charge in [0, 0.05) is 22.9 Å². The van der Waals surface area contributed by atoms with E-state index in [4.69, 9.17) is 11.6 Å². The second-order valence-corrected chi connectivity index (χ2v) is 8.58. The van der Waals surface area contributed by atoms with Crippen LogP contribution in [0.2, 0.25) is 5.02 Å². The van der Waals surface area contributed by atoms with E-state index in [0.29, 0.717) is 42.2 Å². The molecular formula is C20H22ClF3N4O3. The molecule has 0 saturated heterocycles. The number of nitrogens with one attached hydrogen (secondary N) is 3. The van der Waals surface area contributed by atoms with Crippen molar-refractivity contribution in [2.75, 3.05) is 5.32 Å². The third kappa shape index (κ3) is 5.48. The topological polar surface area (TPSA) is 96.1 Å². The molecule has 2 aliphatic carbocycles. The molecule has 0 atom stereocenters. The zero-order valence-corrected chi connectivity index (χ0v) is 17.2. The maximum absolute atomic E-state index is 12.6. The van der Waals surface area contributed by atoms with Gasteiger partial charge < -0.3 is 10.3 Å². The van der Waals surface area contributed by atoms with Crippen molar-refractivity contribution in [3.63, 3.8) is 0 Å². The Balaban J connectivity index is 1.21. The number of alkyl halides is 3. The predicted octanol–water partition coefficient (Wildman–Crippen LogP) is 4.14. The number of ether oxygens (including phenoxy) is 1. The van der Waals surface area contributed by atoms with Gasteiger partial charge in [0.2, 0.25) is 17.8 Å². The smallest absolute Gasteiger partial charge is 0.353 e. The van der Waals surface area contributed by atoms with Crippen LogP contribution >= 0.6 is 11.6 Å². The lowest BCUT2D eigenvalue weighted by Crippen LogP contribution is -2.51. The van der Waals surface area contributed by atoms with Gasteiger partial charge in [0.15, 0.2) is 0 Å². The number of amides is 2. The summed E-state index contributed by atoms with van der Waals surface area (Å²) in [4.78, 5) is 32.3. The number of halogens is 4. The number of carbonyl (C=O) groups excluding carboxylic acids is 2. The number of benzene rings is 1. The number of hydrogen-bond donors (Lipinski definition) is 3. The van der Waals surface area contributed by atoms with E-state index in [1.165, 1.54) is 0 Å². The summed E-state index contributed by atoms with van der Waals surface area (Å²) in [6.45, 7) is 0. The van der Waals surface area contributed by atoms with Crippen LogP contribution in [-0.2, 0) is 14.3 Å². The zero-order valence-electron chi connectivity index (χ0n) is 16.5. The number of aromatic amines is 1. The molecule has 1 heterocycles. The van der Waals surface area contributed by atoms with E-state index in [0.717, 1.165) is 5.52 Å². The van der Waals surface area contributed by atoms with Gasteiger partial charge in [-0.1, -0.05) is 11.6 Å². The molecule has 0 bridgehead atoms. The summed E-state index contributed by atoms with van der Waals surface area (Å²) in [5.41, 5.74) is 1.42. The Bertz CT molecular complexity index is 966. The van der Waals surface area contributed by atoms with E-state index < -0.39 is 12.5 Å². The van der Waals surface area contributed by atoms with E-state index in [-0.39, 0.29) is 42.5 Å². The molecule has 4 rings (SSSR count). The van der Waals surface area contributed by atoms with Crippen LogP contribution in [0.25, 0.3) is 11.0 Å². The number of aromatic nitrogens is 2. The van der Waals surface area contributed by atoms with Crippen molar-refractivity contribution in [3.8, 4) is 0 Å². The van der Waals surface area contributed by atoms with Gasteiger partial charge in [0.05, 0.1) is 17.1 Å². The number of carbonyl (C=O) groups is 2. The number of anilines is 1. The van der Waals surface area contributed by atoms with Crippen molar-refractivity contribution in [3.05, 3.63) is 23.2 Å². The average molecular weight is 459 g/mol. The minimum atomic E-state index is -4.64. The molecule has 1 aromatic heterocycles. The van der Waals surface area contributed by atoms with Crippen molar-refractivity contribution in [2.45, 2.75) is 57.0 Å². The summed E-state index contributed by atoms with van der Waals surface area (Å²) in [5, 5.41) is 6.14. The molecule has 168 valence electrons. The first-order valence-corrected chi connectivity index (χ1v) is 10.5. The van der Waals surface area contributed by atoms with Crippen molar-refractivity contribution in [2.24, 2.45) is 11.8 Å². The Hall–Kier alpha value is -2.33. The first-order valence-electron chi connectivity index (χ1n) is 10.2. The molecule has 3 N–H and O–H groups in total. The lowest BCUT2D eigenvalue weighted by molar-refractivity contribution is -0.351. The Morgan fingerprint density at radius 2 is 1.74 bits per heavy atom. The summed E-state index contributed by atoms with van der Waals surface area (Å²) in [6.07, 6.45) is -3.00. The molecule has 2 saturated carbocycles. The number of nitrogens with zero attached hydrogens (tertiary/aromatic N) is 1. The standard InChI is InChI=1S/C20H22ClF3N4O3/c21-12-5-6-15-16(7-12)27-19(26-15)28-18(30)11-3-1-10(2-4-11)17(29)25-13-8-14(9-13)31-20(22,23)24/h5-7,10-11,13-14H,1-4,8-9H2,(H,25,29)(H2,26,27,28,30). The van der Waals surface area contributed by atoms with Gasteiger partial charge in [-0.2, -0.15) is 0 Å². The van der Waals surface area contributed by atoms with Gasteiger partial charge in [-0.3, -0.25) is 19.6 Å². The van der Waals surface area contributed by atoms with E-state index in [2.05, 4.69) is 25.3 Å². The number of imidazole rings is 1. The summed E-state index contributed by atoms with van der Waals surface area (Å²) in [5.74, 6) is -0.435. The minimum absolute atomic E-state index is 0.157. The number of rotatable bonds is 5. The van der Waals surface area contributed by atoms with Gasteiger partial charge in [0.25, 0.3) is 0 Å². The molecule has 7 nitrogen and oxygen atoms in total. The molecule has 0 unspecified atom stereocenters. The number of H-pyrrole nitrogens is 1. The average Bonchev–Trinajstić information content (AvgIpc) is 3.06. The maximum atomic E-state index is 12.6. The lowest BCUT2D eigenvalue weighted by Gasteiger charge is -2.37. The van der Waals surface area contributed by atoms with E-state index in [1.54, 1.807) is 18.2 Å². The normalized spacial score (nSPS) is 26.3. The highest BCUT2D eigenvalue weighted by molar-refractivity contribution is 6.31. The van der Waals surface area contributed by atoms with Gasteiger partial charge >= 0.3 is 6.36 Å². The van der Waals surface area contributed by atoms with Crippen LogP contribution in [0.4, 0.5) is 19.1 Å². The van der Waals surface area contributed by atoms with Crippen LogP contribution < -0.4 is 10.6 Å². The second-order valence-electron chi connectivity index (χ2n) is 8.15. The largest absolute Gasteiger partial charge is 0.522 e. The Labute approximate surface area is 181 Å². The fourth-order valence-electron chi connectivity index (χ4n) is 4.17. The highest BCUT2D eigenvalue weighted by atomic mass is 35.5. The highest BCUT2D eigenvalue weighted by Gasteiger charge is 2.41. The summed E-state index contributed by atoms with van der Waals surface area (Å²) >= 11 is 5.95. The molecular weight excluding hydrogens is 437 g/mol. The van der Waals surface area contributed by atoms with Crippen molar-refractivity contribution >= 4 is 40.4 Å². The van der Waals surface area contributed by atoms with Gasteiger partial charge in [0.1, 0.15) is 0 Å². The van der Waals surface area contributed by atoms with E-state index in [1.807, 2.05) is 0 Å². The molecule has 0 aliphatic heterocycles. The molecule has 2 amide bonds. The minimum Gasteiger partial charge on any atom is -0.353 e. The van der Waals surface area contributed by atoms with Gasteiger partial charge in [-0.15, -0.1) is 13.2 Å². The fourth-order valence-corrected chi connectivity index (χ4v) is 4.34. The molecule has 1 aromatic carbocycles. The number of hydrogen-bond acceptors (Lipinski definition) is 4. The second kappa shape index (κ2) is 8.66. The van der Waals surface area contributed by atoms with Gasteiger partial charge in [-0.25, -0.2) is 4.98 Å². The lowest BCUT2D eigenvalue weighted by atomic mass is 9.80. The molecule has 31 heavy (non-hydrogen) atoms. The summed E-state index contributed by atoms with van der Waals surface area (Å²) in [7, 11) is 0. The van der Waals surface area contributed by atoms with Crippen molar-refractivity contribution < 1.29 is 27.5 Å². The van der Waals surface area contributed by atoms with Crippen LogP contribution in [0.1, 0.15) is 38.5 Å². The highest BCUT2D eigenvalue weighted by Crippen LogP contribution is 2.33. The molecule has 11 heteroatoms. The van der Waals surface area contributed by atoms with E-state index in [9.17, 15) is 22.8 Å². The number of fused-ring (bicyclic) bond motifs is 1. The summed E-state index contributed by atoms with van der Waals surface area (Å²) < 4.78 is 40.4. The molecule has 2 aliphatic rings. The molecule has 2 aromatic rings. The Morgan fingerprint density at radius 1 is 1.10 bits per heavy atom. The molecule has 2 fully saturated rings. The van der Waals surface area contributed by atoms with Crippen LogP contribution in [0.3, 0.4) is 0 Å².